The number of nitrogens with zero attached hydrogens (tertiary/aromatic N) is 3. The normalized spacial score (nSPS) is 12.9. The lowest BCUT2D eigenvalue weighted by molar-refractivity contribution is 0.257. The van der Waals surface area contributed by atoms with E-state index < -0.39 is 17.0 Å². The van der Waals surface area contributed by atoms with Crippen LogP contribution in [-0.2, 0) is 11.0 Å². The molecule has 0 saturated heterocycles. The van der Waals surface area contributed by atoms with Crippen molar-refractivity contribution in [1.29, 1.82) is 0 Å². The van der Waals surface area contributed by atoms with Crippen LogP contribution in [0.4, 0.5) is 10.5 Å². The Labute approximate surface area is 207 Å². The number of aliphatic imine (C=N–C) groups is 1. The van der Waals surface area contributed by atoms with Crippen molar-refractivity contribution in [1.82, 2.24) is 14.3 Å². The molecule has 0 fully saturated rings. The molecule has 4 N–H and O–H groups in total. The van der Waals surface area contributed by atoms with Crippen LogP contribution in [0, 0.1) is 0 Å². The number of aromatic nitrogens is 2. The molecule has 1 atom stereocenters. The van der Waals surface area contributed by atoms with Crippen molar-refractivity contribution in [3.8, 4) is 5.82 Å². The van der Waals surface area contributed by atoms with E-state index in [1.165, 1.54) is 10.8 Å². The van der Waals surface area contributed by atoms with E-state index in [0.717, 1.165) is 22.7 Å². The Morgan fingerprint density at radius 3 is 2.74 bits per heavy atom. The summed E-state index contributed by atoms with van der Waals surface area (Å²) in [4.78, 5) is 33.3. The van der Waals surface area contributed by atoms with Crippen molar-refractivity contribution < 1.29 is 9.00 Å². The quantitative estimate of drug-likeness (QED) is 0.323. The second-order valence-electron chi connectivity index (χ2n) is 6.70. The van der Waals surface area contributed by atoms with Gasteiger partial charge in [-0.05, 0) is 42.6 Å². The van der Waals surface area contributed by atoms with Gasteiger partial charge in [-0.3, -0.25) is 19.1 Å². The minimum absolute atomic E-state index is 0.180. The average molecular weight is 517 g/mol. The average Bonchev–Trinajstić information content (AvgIpc) is 2.83. The first kappa shape index (κ1) is 25.2. The number of carbonyl (C=O) groups excluding carboxylic acids is 1. The zero-order valence-corrected chi connectivity index (χ0v) is 20.6. The highest BCUT2D eigenvalue weighted by atomic mass is 35.5. The van der Waals surface area contributed by atoms with Crippen molar-refractivity contribution in [3.05, 3.63) is 86.0 Å². The van der Waals surface area contributed by atoms with E-state index in [4.69, 9.17) is 17.3 Å². The SMILES string of the molecule is C=C(S/C(Cl)=C\C)S(=O)NC(=O)Nc1ccc(-n2ccc3cc(C(N)=NC)ccc3c2=O)nc1. The standard InChI is InChI=1S/C22H21ClN6O3S2/c1-4-18(23)33-13(2)34(32)28-22(31)27-16-6-8-19(26-12-16)29-10-9-14-11-15(20(24)25-3)5-7-17(14)21(29)30/h4-12H,2H2,1,3H3,(H2,24,25)(H2,27,28,31)/b18-4-. The van der Waals surface area contributed by atoms with Crippen LogP contribution >= 0.6 is 23.4 Å². The van der Waals surface area contributed by atoms with E-state index >= 15 is 0 Å². The lowest BCUT2D eigenvalue weighted by Gasteiger charge is -2.10. The van der Waals surface area contributed by atoms with Crippen molar-refractivity contribution in [2.24, 2.45) is 10.7 Å². The van der Waals surface area contributed by atoms with Crippen LogP contribution in [-0.4, -0.2) is 32.7 Å². The van der Waals surface area contributed by atoms with Gasteiger partial charge in [-0.15, -0.1) is 0 Å². The van der Waals surface area contributed by atoms with Gasteiger partial charge in [-0.1, -0.05) is 42.1 Å². The molecule has 2 heterocycles. The van der Waals surface area contributed by atoms with Gasteiger partial charge in [-0.25, -0.2) is 14.0 Å². The number of hydrogen-bond acceptors (Lipinski definition) is 6. The lowest BCUT2D eigenvalue weighted by Crippen LogP contribution is -2.30. The molecule has 12 heteroatoms. The lowest BCUT2D eigenvalue weighted by atomic mass is 10.1. The molecule has 176 valence electrons. The third-order valence-corrected chi connectivity index (χ3v) is 7.12. The highest BCUT2D eigenvalue weighted by molar-refractivity contribution is 8.19. The molecule has 0 spiro atoms. The van der Waals surface area contributed by atoms with Gasteiger partial charge >= 0.3 is 6.03 Å². The second kappa shape index (κ2) is 11.1. The van der Waals surface area contributed by atoms with Gasteiger partial charge in [0.2, 0.25) is 0 Å². The first-order valence-electron chi connectivity index (χ1n) is 9.76. The number of fused-ring (bicyclic) bond motifs is 1. The molecule has 0 bridgehead atoms. The van der Waals surface area contributed by atoms with Crippen molar-refractivity contribution in [2.45, 2.75) is 6.92 Å². The van der Waals surface area contributed by atoms with Gasteiger partial charge in [0.15, 0.2) is 11.0 Å². The monoisotopic (exact) mass is 516 g/mol. The smallest absolute Gasteiger partial charge is 0.331 e. The number of nitrogens with one attached hydrogen (secondary N) is 2. The number of halogens is 1. The zero-order valence-electron chi connectivity index (χ0n) is 18.2. The molecule has 3 rings (SSSR count). The van der Waals surface area contributed by atoms with E-state index in [1.807, 2.05) is 0 Å². The molecule has 2 aromatic heterocycles. The van der Waals surface area contributed by atoms with Crippen LogP contribution in [0.25, 0.3) is 16.6 Å². The first-order chi connectivity index (χ1) is 16.2. The number of anilines is 1. The molecule has 0 aliphatic carbocycles. The molecule has 3 aromatic rings. The van der Waals surface area contributed by atoms with Gasteiger partial charge in [0, 0.05) is 24.2 Å². The fourth-order valence-electron chi connectivity index (χ4n) is 2.82. The number of allylic oxidation sites excluding steroid dienone is 1. The van der Waals surface area contributed by atoms with Crippen molar-refractivity contribution >= 4 is 62.7 Å². The molecule has 2 amide bonds. The van der Waals surface area contributed by atoms with Gasteiger partial charge in [0.1, 0.15) is 11.7 Å². The Morgan fingerprint density at radius 2 is 2.09 bits per heavy atom. The fraction of sp³-hybridized carbons (Fsp3) is 0.0909. The molecule has 0 saturated carbocycles. The van der Waals surface area contributed by atoms with Crippen LogP contribution in [0.1, 0.15) is 12.5 Å². The summed E-state index contributed by atoms with van der Waals surface area (Å²) in [6.07, 6.45) is 4.62. The predicted octanol–water partition coefficient (Wildman–Crippen LogP) is 3.81. The maximum Gasteiger partial charge on any atom is 0.331 e. The van der Waals surface area contributed by atoms with Crippen LogP contribution in [0.15, 0.2) is 79.8 Å². The highest BCUT2D eigenvalue weighted by Gasteiger charge is 2.13. The Morgan fingerprint density at radius 1 is 1.32 bits per heavy atom. The summed E-state index contributed by atoms with van der Waals surface area (Å²) in [6.45, 7) is 5.36. The number of amides is 2. The first-order valence-corrected chi connectivity index (χ1v) is 12.1. The predicted molar refractivity (Wildman–Crippen MR) is 141 cm³/mol. The topological polar surface area (TPSA) is 131 Å². The molecular formula is C22H21ClN6O3S2. The van der Waals surface area contributed by atoms with Crippen LogP contribution in [0.2, 0.25) is 0 Å². The third kappa shape index (κ3) is 5.93. The summed E-state index contributed by atoms with van der Waals surface area (Å²) in [6, 6.07) is 9.45. The van der Waals surface area contributed by atoms with Crippen LogP contribution in [0.3, 0.4) is 0 Å². The van der Waals surface area contributed by atoms with Gasteiger partial charge in [-0.2, -0.15) is 0 Å². The van der Waals surface area contributed by atoms with Gasteiger partial charge < -0.3 is 11.1 Å². The molecular weight excluding hydrogens is 496 g/mol. The number of hydrogen-bond donors (Lipinski definition) is 3. The molecule has 9 nitrogen and oxygen atoms in total. The Balaban J connectivity index is 1.73. The summed E-state index contributed by atoms with van der Waals surface area (Å²) < 4.78 is 16.4. The summed E-state index contributed by atoms with van der Waals surface area (Å²) in [5.41, 5.74) is 6.67. The fourth-order valence-corrected chi connectivity index (χ4v) is 4.60. The summed E-state index contributed by atoms with van der Waals surface area (Å²) >= 11 is 6.86. The van der Waals surface area contributed by atoms with E-state index in [1.54, 1.807) is 62.6 Å². The van der Waals surface area contributed by atoms with E-state index in [2.05, 4.69) is 26.6 Å². The number of rotatable bonds is 7. The highest BCUT2D eigenvalue weighted by Crippen LogP contribution is 2.28. The number of amidine groups is 1. The number of pyridine rings is 2. The largest absolute Gasteiger partial charge is 0.384 e. The number of urea groups is 1. The molecule has 1 unspecified atom stereocenters. The molecule has 0 radical (unpaired) electrons. The molecule has 0 aliphatic rings. The third-order valence-electron chi connectivity index (χ3n) is 4.52. The van der Waals surface area contributed by atoms with E-state index in [9.17, 15) is 13.8 Å². The maximum atomic E-state index is 12.9. The van der Waals surface area contributed by atoms with Crippen molar-refractivity contribution in [3.63, 3.8) is 0 Å². The zero-order chi connectivity index (χ0) is 24.8. The number of carbonyl (C=O) groups is 1. The maximum absolute atomic E-state index is 12.9. The van der Waals surface area contributed by atoms with Crippen LogP contribution in [0.5, 0.6) is 0 Å². The second-order valence-corrected chi connectivity index (χ2v) is 9.96. The molecule has 1 aromatic carbocycles. The van der Waals surface area contributed by atoms with Crippen molar-refractivity contribution in [2.75, 3.05) is 12.4 Å². The van der Waals surface area contributed by atoms with E-state index in [-0.39, 0.29) is 9.80 Å². The van der Waals surface area contributed by atoms with E-state index in [0.29, 0.717) is 27.1 Å². The van der Waals surface area contributed by atoms with Gasteiger partial charge in [0.25, 0.3) is 5.56 Å². The number of nitrogens with two attached hydrogens (primary N) is 1. The Kier molecular flexibility index (Phi) is 8.26. The van der Waals surface area contributed by atoms with Crippen LogP contribution < -0.4 is 21.3 Å². The summed E-state index contributed by atoms with van der Waals surface area (Å²) in [5.74, 6) is 0.749. The van der Waals surface area contributed by atoms with Gasteiger partial charge in [0.05, 0.1) is 20.5 Å². The summed E-state index contributed by atoms with van der Waals surface area (Å²) in [5, 5.41) is 3.75. The molecule has 34 heavy (non-hydrogen) atoms. The summed E-state index contributed by atoms with van der Waals surface area (Å²) in [7, 11) is -0.248. The number of benzene rings is 1. The Bertz CT molecular complexity index is 1400. The number of thioether (sulfide) groups is 1. The minimum Gasteiger partial charge on any atom is -0.384 e. The minimum atomic E-state index is -1.85. The molecule has 0 aliphatic heterocycles. The Hall–Kier alpha value is -3.41.